The number of carbonyl (C=O) groups excluding carboxylic acids is 3. The first kappa shape index (κ1) is 22.0. The number of hydrogen-bond donors (Lipinski definition) is 2. The van der Waals surface area contributed by atoms with Crippen molar-refractivity contribution in [3.05, 3.63) is 34.9 Å². The standard InChI is InChI=1S/C18H18ClF3N4O4/c19-6-14(27)24-12-3-4-30-8-13(12)26-7-10-2-1-9(5-11(10)16(26)28)15(23)25-17(29)18(20,21)22/h1-2,5,12-13H,3-4,6-8H2,(H,24,27)(H2,23,25,29)/t12?,13-/m1/s1. The van der Waals surface area contributed by atoms with Crippen molar-refractivity contribution < 1.29 is 32.3 Å². The highest BCUT2D eigenvalue weighted by molar-refractivity contribution is 6.27. The quantitative estimate of drug-likeness (QED) is 0.406. The number of rotatable bonds is 4. The van der Waals surface area contributed by atoms with Crippen LogP contribution in [-0.2, 0) is 20.9 Å². The lowest BCUT2D eigenvalue weighted by Gasteiger charge is -2.37. The first-order valence-corrected chi connectivity index (χ1v) is 9.48. The van der Waals surface area contributed by atoms with Crippen molar-refractivity contribution in [2.75, 3.05) is 19.1 Å². The third-order valence-corrected chi connectivity index (χ3v) is 5.14. The Balaban J connectivity index is 1.82. The molecule has 12 heteroatoms. The van der Waals surface area contributed by atoms with Crippen molar-refractivity contribution in [3.63, 3.8) is 0 Å². The lowest BCUT2D eigenvalue weighted by molar-refractivity contribution is -0.169. The van der Waals surface area contributed by atoms with Gasteiger partial charge in [-0.05, 0) is 18.1 Å². The van der Waals surface area contributed by atoms with Crippen LogP contribution in [0.25, 0.3) is 0 Å². The molecular formula is C18H18ClF3N4O4. The minimum Gasteiger partial charge on any atom is -0.383 e. The molecule has 1 aromatic carbocycles. The third-order valence-electron chi connectivity index (χ3n) is 4.90. The van der Waals surface area contributed by atoms with E-state index in [0.717, 1.165) is 0 Å². The Hall–Kier alpha value is -2.66. The van der Waals surface area contributed by atoms with Crippen molar-refractivity contribution in [2.45, 2.75) is 31.2 Å². The monoisotopic (exact) mass is 446 g/mol. The third kappa shape index (κ3) is 4.57. The molecule has 0 aromatic heterocycles. The Morgan fingerprint density at radius 1 is 1.37 bits per heavy atom. The maximum atomic E-state index is 13.0. The van der Waals surface area contributed by atoms with Gasteiger partial charge in [-0.2, -0.15) is 18.2 Å². The van der Waals surface area contributed by atoms with Crippen molar-refractivity contribution in [3.8, 4) is 0 Å². The van der Waals surface area contributed by atoms with Crippen molar-refractivity contribution in [2.24, 2.45) is 10.7 Å². The summed E-state index contributed by atoms with van der Waals surface area (Å²) in [6.07, 6.45) is -4.64. The summed E-state index contributed by atoms with van der Waals surface area (Å²) in [5.41, 5.74) is 6.41. The van der Waals surface area contributed by atoms with Crippen molar-refractivity contribution in [1.82, 2.24) is 10.2 Å². The number of nitrogens with zero attached hydrogens (tertiary/aromatic N) is 2. The minimum absolute atomic E-state index is 0.0217. The van der Waals surface area contributed by atoms with Gasteiger partial charge in [-0.3, -0.25) is 14.4 Å². The van der Waals surface area contributed by atoms with Crippen LogP contribution in [0.3, 0.4) is 0 Å². The summed E-state index contributed by atoms with van der Waals surface area (Å²) in [6.45, 7) is 0.862. The molecule has 3 N–H and O–H groups in total. The van der Waals surface area contributed by atoms with E-state index >= 15 is 0 Å². The van der Waals surface area contributed by atoms with Crippen LogP contribution in [0.1, 0.15) is 27.9 Å². The number of alkyl halides is 4. The fourth-order valence-electron chi connectivity index (χ4n) is 3.43. The van der Waals surface area contributed by atoms with Gasteiger partial charge in [0.05, 0.1) is 18.7 Å². The Morgan fingerprint density at radius 2 is 2.10 bits per heavy atom. The molecule has 0 radical (unpaired) electrons. The Morgan fingerprint density at radius 3 is 2.77 bits per heavy atom. The molecule has 3 rings (SSSR count). The number of hydrogen-bond acceptors (Lipinski definition) is 4. The fraction of sp³-hybridized carbons (Fsp3) is 0.444. The molecule has 2 atom stereocenters. The molecule has 1 fully saturated rings. The van der Waals surface area contributed by atoms with E-state index in [1.165, 1.54) is 17.0 Å². The second-order valence-electron chi connectivity index (χ2n) is 6.84. The van der Waals surface area contributed by atoms with Crippen molar-refractivity contribution in [1.29, 1.82) is 0 Å². The van der Waals surface area contributed by atoms with Crippen LogP contribution in [0.5, 0.6) is 0 Å². The van der Waals surface area contributed by atoms with Gasteiger partial charge in [0.2, 0.25) is 5.91 Å². The van der Waals surface area contributed by atoms with Crippen LogP contribution < -0.4 is 11.1 Å². The number of amidine groups is 1. The smallest absolute Gasteiger partial charge is 0.383 e. The summed E-state index contributed by atoms with van der Waals surface area (Å²) in [6, 6.07) is 3.45. The van der Waals surface area contributed by atoms with E-state index in [0.29, 0.717) is 18.6 Å². The molecule has 2 heterocycles. The van der Waals surface area contributed by atoms with Crippen LogP contribution >= 0.6 is 11.6 Å². The van der Waals surface area contributed by atoms with Gasteiger partial charge < -0.3 is 20.7 Å². The number of benzene rings is 1. The lowest BCUT2D eigenvalue weighted by Crippen LogP contribution is -2.56. The summed E-state index contributed by atoms with van der Waals surface area (Å²) in [5, 5.41) is 2.78. The van der Waals surface area contributed by atoms with Gasteiger partial charge in [-0.25, -0.2) is 0 Å². The number of halogens is 4. The average Bonchev–Trinajstić information content (AvgIpc) is 3.03. The van der Waals surface area contributed by atoms with Crippen LogP contribution in [0.4, 0.5) is 13.2 Å². The largest absolute Gasteiger partial charge is 0.473 e. The molecule has 0 saturated carbocycles. The maximum absolute atomic E-state index is 13.0. The van der Waals surface area contributed by atoms with E-state index < -0.39 is 24.0 Å². The van der Waals surface area contributed by atoms with Gasteiger partial charge in [0.15, 0.2) is 0 Å². The first-order chi connectivity index (χ1) is 14.1. The van der Waals surface area contributed by atoms with Gasteiger partial charge in [0.1, 0.15) is 11.7 Å². The molecule has 162 valence electrons. The molecular weight excluding hydrogens is 429 g/mol. The fourth-order valence-corrected chi connectivity index (χ4v) is 3.51. The number of amides is 3. The first-order valence-electron chi connectivity index (χ1n) is 8.94. The molecule has 1 unspecified atom stereocenters. The predicted octanol–water partition coefficient (Wildman–Crippen LogP) is 0.949. The molecule has 2 aliphatic heterocycles. The van der Waals surface area contributed by atoms with E-state index in [1.54, 1.807) is 6.07 Å². The van der Waals surface area contributed by atoms with Crippen LogP contribution in [-0.4, -0.2) is 65.8 Å². The number of nitrogens with two attached hydrogens (primary N) is 1. The molecule has 3 amide bonds. The summed E-state index contributed by atoms with van der Waals surface area (Å²) in [5.74, 6) is -3.93. The topological polar surface area (TPSA) is 114 Å². The molecule has 0 aliphatic carbocycles. The number of nitrogens with one attached hydrogen (secondary N) is 1. The number of aliphatic imine (C=N–C) groups is 1. The zero-order chi connectivity index (χ0) is 22.1. The van der Waals surface area contributed by atoms with E-state index in [4.69, 9.17) is 22.1 Å². The van der Waals surface area contributed by atoms with Gasteiger partial charge in [-0.15, -0.1) is 11.6 Å². The second kappa shape index (κ2) is 8.60. The number of ether oxygens (including phenoxy) is 1. The Kier molecular flexibility index (Phi) is 6.32. The zero-order valence-electron chi connectivity index (χ0n) is 15.5. The molecule has 0 spiro atoms. The van der Waals surface area contributed by atoms with E-state index in [2.05, 4.69) is 10.3 Å². The summed E-state index contributed by atoms with van der Waals surface area (Å²) < 4.78 is 42.6. The summed E-state index contributed by atoms with van der Waals surface area (Å²) in [7, 11) is 0. The summed E-state index contributed by atoms with van der Waals surface area (Å²) >= 11 is 5.55. The van der Waals surface area contributed by atoms with E-state index in [1.807, 2.05) is 0 Å². The Bertz CT molecular complexity index is 906. The second-order valence-corrected chi connectivity index (χ2v) is 7.11. The highest BCUT2D eigenvalue weighted by Gasteiger charge is 2.40. The van der Waals surface area contributed by atoms with E-state index in [-0.39, 0.29) is 48.0 Å². The minimum atomic E-state index is -5.14. The SMILES string of the molecule is NC(=NC(=O)C(F)(F)F)c1ccc2c(c1)C(=O)N([C@@H]1COCCC1NC(=O)CCl)C2. The van der Waals surface area contributed by atoms with Gasteiger partial charge in [0, 0.05) is 24.3 Å². The zero-order valence-corrected chi connectivity index (χ0v) is 16.3. The lowest BCUT2D eigenvalue weighted by atomic mass is 10.0. The average molecular weight is 447 g/mol. The molecule has 8 nitrogen and oxygen atoms in total. The van der Waals surface area contributed by atoms with E-state index in [9.17, 15) is 27.6 Å². The van der Waals surface area contributed by atoms with Crippen LogP contribution in [0, 0.1) is 0 Å². The molecule has 30 heavy (non-hydrogen) atoms. The Labute approximate surface area is 174 Å². The van der Waals surface area contributed by atoms with Crippen LogP contribution in [0.2, 0.25) is 0 Å². The maximum Gasteiger partial charge on any atom is 0.473 e. The number of fused-ring (bicyclic) bond motifs is 1. The van der Waals surface area contributed by atoms with Crippen molar-refractivity contribution >= 4 is 35.2 Å². The highest BCUT2D eigenvalue weighted by Crippen LogP contribution is 2.29. The normalized spacial score (nSPS) is 22.1. The van der Waals surface area contributed by atoms with Crippen LogP contribution in [0.15, 0.2) is 23.2 Å². The molecule has 0 bridgehead atoms. The molecule has 2 aliphatic rings. The summed E-state index contributed by atoms with van der Waals surface area (Å²) in [4.78, 5) is 40.1. The van der Waals surface area contributed by atoms with Gasteiger partial charge in [0.25, 0.3) is 5.91 Å². The molecule has 1 saturated heterocycles. The highest BCUT2D eigenvalue weighted by atomic mass is 35.5. The predicted molar refractivity (Wildman–Crippen MR) is 100.0 cm³/mol. The van der Waals surface area contributed by atoms with Gasteiger partial charge in [-0.1, -0.05) is 12.1 Å². The molecule has 1 aromatic rings. The van der Waals surface area contributed by atoms with Gasteiger partial charge >= 0.3 is 12.1 Å². The number of carbonyl (C=O) groups is 3.